The molecular weight excluding hydrogens is 338 g/mol. The normalized spacial score (nSPS) is 11.4. The van der Waals surface area contributed by atoms with Gasteiger partial charge in [-0.05, 0) is 50.0 Å². The number of ether oxygens (including phenoxy) is 2. The van der Waals surface area contributed by atoms with Gasteiger partial charge in [0.2, 0.25) is 5.88 Å². The van der Waals surface area contributed by atoms with Crippen LogP contribution in [0.5, 0.6) is 5.88 Å². The van der Waals surface area contributed by atoms with E-state index < -0.39 is 5.60 Å². The van der Waals surface area contributed by atoms with Crippen molar-refractivity contribution in [3.63, 3.8) is 0 Å². The first kappa shape index (κ1) is 17.8. The number of aromatic nitrogens is 2. The van der Waals surface area contributed by atoms with E-state index in [2.05, 4.69) is 21.0 Å². The fraction of sp³-hybridized carbons (Fsp3) is 0.714. The first-order chi connectivity index (χ1) is 9.61. The SMILES string of the molecule is Cc1nn(C)c(OCCCN(C)C(=O)OC(C)(C)C)c1Br. The third-order valence-corrected chi connectivity index (χ3v) is 3.59. The highest BCUT2D eigenvalue weighted by molar-refractivity contribution is 9.10. The Labute approximate surface area is 134 Å². The van der Waals surface area contributed by atoms with E-state index in [0.29, 0.717) is 25.5 Å². The van der Waals surface area contributed by atoms with Crippen LogP contribution in [0.25, 0.3) is 0 Å². The highest BCUT2D eigenvalue weighted by Gasteiger charge is 2.19. The van der Waals surface area contributed by atoms with Crippen molar-refractivity contribution in [3.05, 3.63) is 10.2 Å². The fourth-order valence-corrected chi connectivity index (χ4v) is 2.12. The molecule has 0 aliphatic rings. The Bertz CT molecular complexity index is 494. The molecule has 1 amide bonds. The van der Waals surface area contributed by atoms with E-state index in [0.717, 1.165) is 10.2 Å². The maximum Gasteiger partial charge on any atom is 0.410 e. The Morgan fingerprint density at radius 1 is 1.43 bits per heavy atom. The second kappa shape index (κ2) is 7.15. The molecule has 120 valence electrons. The van der Waals surface area contributed by atoms with Crippen LogP contribution in [0.1, 0.15) is 32.9 Å². The van der Waals surface area contributed by atoms with Gasteiger partial charge in [0.25, 0.3) is 0 Å². The average Bonchev–Trinajstić information content (AvgIpc) is 2.57. The third-order valence-electron chi connectivity index (χ3n) is 2.68. The van der Waals surface area contributed by atoms with Gasteiger partial charge in [-0.3, -0.25) is 0 Å². The largest absolute Gasteiger partial charge is 0.477 e. The Morgan fingerprint density at radius 2 is 2.05 bits per heavy atom. The maximum absolute atomic E-state index is 11.8. The summed E-state index contributed by atoms with van der Waals surface area (Å²) < 4.78 is 13.5. The number of halogens is 1. The third kappa shape index (κ3) is 5.57. The fourth-order valence-electron chi connectivity index (χ4n) is 1.67. The quantitative estimate of drug-likeness (QED) is 0.756. The number of carbonyl (C=O) groups is 1. The van der Waals surface area contributed by atoms with Crippen molar-refractivity contribution in [3.8, 4) is 5.88 Å². The molecule has 0 spiro atoms. The van der Waals surface area contributed by atoms with Crippen LogP contribution in [-0.2, 0) is 11.8 Å². The van der Waals surface area contributed by atoms with Crippen LogP contribution in [-0.4, -0.2) is 46.6 Å². The van der Waals surface area contributed by atoms with Crippen molar-refractivity contribution in [2.75, 3.05) is 20.2 Å². The lowest BCUT2D eigenvalue weighted by Gasteiger charge is -2.24. The minimum Gasteiger partial charge on any atom is -0.477 e. The van der Waals surface area contributed by atoms with Crippen LogP contribution >= 0.6 is 15.9 Å². The summed E-state index contributed by atoms with van der Waals surface area (Å²) in [6, 6.07) is 0. The van der Waals surface area contributed by atoms with Crippen molar-refractivity contribution in [1.29, 1.82) is 0 Å². The number of aryl methyl sites for hydroxylation is 2. The topological polar surface area (TPSA) is 56.6 Å². The standard InChI is InChI=1S/C14H24BrN3O3/c1-10-11(15)12(18(6)16-10)20-9-7-8-17(5)13(19)21-14(2,3)4/h7-9H2,1-6H3. The number of carbonyl (C=O) groups excluding carboxylic acids is 1. The molecule has 0 aliphatic heterocycles. The van der Waals surface area contributed by atoms with E-state index in [1.54, 1.807) is 16.6 Å². The molecule has 7 heteroatoms. The van der Waals surface area contributed by atoms with Crippen molar-refractivity contribution in [2.24, 2.45) is 7.05 Å². The molecule has 0 saturated heterocycles. The summed E-state index contributed by atoms with van der Waals surface area (Å²) in [5.74, 6) is 0.701. The predicted octanol–water partition coefficient (Wildman–Crippen LogP) is 3.13. The molecule has 1 aromatic rings. The summed E-state index contributed by atoms with van der Waals surface area (Å²) >= 11 is 3.45. The molecular formula is C14H24BrN3O3. The molecule has 0 atom stereocenters. The van der Waals surface area contributed by atoms with Crippen LogP contribution in [0, 0.1) is 6.92 Å². The monoisotopic (exact) mass is 361 g/mol. The van der Waals surface area contributed by atoms with Crippen LogP contribution in [0.3, 0.4) is 0 Å². The Kier molecular flexibility index (Phi) is 6.07. The highest BCUT2D eigenvalue weighted by atomic mass is 79.9. The Balaban J connectivity index is 2.35. The van der Waals surface area contributed by atoms with Crippen LogP contribution in [0.4, 0.5) is 4.79 Å². The van der Waals surface area contributed by atoms with Gasteiger partial charge in [0.1, 0.15) is 10.1 Å². The van der Waals surface area contributed by atoms with E-state index in [1.165, 1.54) is 0 Å². The van der Waals surface area contributed by atoms with E-state index in [4.69, 9.17) is 9.47 Å². The summed E-state index contributed by atoms with van der Waals surface area (Å²) in [6.45, 7) is 8.54. The van der Waals surface area contributed by atoms with Crippen LogP contribution in [0.15, 0.2) is 4.47 Å². The van der Waals surface area contributed by atoms with Crippen molar-refractivity contribution < 1.29 is 14.3 Å². The second-order valence-electron chi connectivity index (χ2n) is 5.93. The molecule has 0 unspecified atom stereocenters. The first-order valence-corrected chi connectivity index (χ1v) is 7.67. The molecule has 1 rings (SSSR count). The smallest absolute Gasteiger partial charge is 0.410 e. The van der Waals surface area contributed by atoms with Crippen LogP contribution in [0.2, 0.25) is 0 Å². The number of nitrogens with zero attached hydrogens (tertiary/aromatic N) is 3. The predicted molar refractivity (Wildman–Crippen MR) is 84.6 cm³/mol. The number of rotatable bonds is 5. The molecule has 21 heavy (non-hydrogen) atoms. The summed E-state index contributed by atoms with van der Waals surface area (Å²) in [5, 5.41) is 4.25. The highest BCUT2D eigenvalue weighted by Crippen LogP contribution is 2.27. The van der Waals surface area contributed by atoms with Crippen molar-refractivity contribution in [2.45, 2.75) is 39.7 Å². The molecule has 0 aliphatic carbocycles. The summed E-state index contributed by atoms with van der Waals surface area (Å²) in [7, 11) is 3.55. The van der Waals surface area contributed by atoms with Gasteiger partial charge in [-0.25, -0.2) is 9.48 Å². The van der Waals surface area contributed by atoms with Crippen molar-refractivity contribution >= 4 is 22.0 Å². The van der Waals surface area contributed by atoms with E-state index in [-0.39, 0.29) is 6.09 Å². The zero-order valence-corrected chi connectivity index (χ0v) is 15.2. The van der Waals surface area contributed by atoms with Gasteiger partial charge in [-0.2, -0.15) is 5.10 Å². The summed E-state index contributed by atoms with van der Waals surface area (Å²) in [6.07, 6.45) is 0.395. The number of hydrogen-bond donors (Lipinski definition) is 0. The molecule has 0 aromatic carbocycles. The Morgan fingerprint density at radius 3 is 2.52 bits per heavy atom. The van der Waals surface area contributed by atoms with Crippen molar-refractivity contribution in [1.82, 2.24) is 14.7 Å². The second-order valence-corrected chi connectivity index (χ2v) is 6.73. The maximum atomic E-state index is 11.8. The summed E-state index contributed by atoms with van der Waals surface area (Å²) in [5.41, 5.74) is 0.414. The zero-order chi connectivity index (χ0) is 16.2. The molecule has 1 heterocycles. The lowest BCUT2D eigenvalue weighted by Crippen LogP contribution is -2.35. The first-order valence-electron chi connectivity index (χ1n) is 6.88. The molecule has 0 N–H and O–H groups in total. The minimum atomic E-state index is -0.473. The molecule has 6 nitrogen and oxygen atoms in total. The van der Waals surface area contributed by atoms with Gasteiger partial charge in [-0.1, -0.05) is 0 Å². The lowest BCUT2D eigenvalue weighted by molar-refractivity contribution is 0.0291. The molecule has 0 radical (unpaired) electrons. The number of amides is 1. The van der Waals surface area contributed by atoms with Gasteiger partial charge in [-0.15, -0.1) is 0 Å². The molecule has 0 bridgehead atoms. The summed E-state index contributed by atoms with van der Waals surface area (Å²) in [4.78, 5) is 13.3. The minimum absolute atomic E-state index is 0.319. The Hall–Kier alpha value is -1.24. The van der Waals surface area contributed by atoms with E-state index >= 15 is 0 Å². The lowest BCUT2D eigenvalue weighted by atomic mass is 10.2. The average molecular weight is 362 g/mol. The van der Waals surface area contributed by atoms with Gasteiger partial charge in [0, 0.05) is 20.6 Å². The van der Waals surface area contributed by atoms with E-state index in [9.17, 15) is 4.79 Å². The van der Waals surface area contributed by atoms with Gasteiger partial charge >= 0.3 is 6.09 Å². The van der Waals surface area contributed by atoms with Gasteiger partial charge in [0.15, 0.2) is 0 Å². The van der Waals surface area contributed by atoms with E-state index in [1.807, 2.05) is 34.7 Å². The van der Waals surface area contributed by atoms with Crippen LogP contribution < -0.4 is 4.74 Å². The van der Waals surface area contributed by atoms with Gasteiger partial charge in [0.05, 0.1) is 12.3 Å². The van der Waals surface area contributed by atoms with Gasteiger partial charge < -0.3 is 14.4 Å². The zero-order valence-electron chi connectivity index (χ0n) is 13.6. The number of hydrogen-bond acceptors (Lipinski definition) is 4. The molecule has 1 aromatic heterocycles. The molecule has 0 saturated carbocycles. The molecule has 0 fully saturated rings.